The Kier molecular flexibility index (Phi) is 6.75. The fourth-order valence-electron chi connectivity index (χ4n) is 1.97. The normalized spacial score (nSPS) is 10.2. The van der Waals surface area contributed by atoms with E-state index in [0.29, 0.717) is 45.5 Å². The van der Waals surface area contributed by atoms with Crippen molar-refractivity contribution in [2.24, 2.45) is 0 Å². The zero-order chi connectivity index (χ0) is 17.5. The first-order valence-corrected chi connectivity index (χ1v) is 8.30. The number of methoxy groups -OCH3 is 2. The molecule has 0 aliphatic heterocycles. The summed E-state index contributed by atoms with van der Waals surface area (Å²) >= 11 is 9.18. The molecule has 1 N–H and O–H groups in total. The van der Waals surface area contributed by atoms with Crippen LogP contribution in [0.5, 0.6) is 17.2 Å². The summed E-state index contributed by atoms with van der Waals surface area (Å²) in [5, 5.41) is 3.43. The molecule has 0 aliphatic carbocycles. The summed E-state index contributed by atoms with van der Waals surface area (Å²) in [5.74, 6) is 1.51. The first-order valence-electron chi connectivity index (χ1n) is 7.13. The minimum absolute atomic E-state index is 0.237. The summed E-state index contributed by atoms with van der Waals surface area (Å²) in [6, 6.07) is 10.3. The molecule has 0 unspecified atom stereocenters. The van der Waals surface area contributed by atoms with Crippen LogP contribution in [0.15, 0.2) is 40.9 Å². The number of carbonyl (C=O) groups excluding carboxylic acids is 1. The summed E-state index contributed by atoms with van der Waals surface area (Å²) in [6.45, 7) is 0.709. The van der Waals surface area contributed by atoms with Crippen LogP contribution in [0, 0.1) is 0 Å². The molecule has 0 radical (unpaired) electrons. The van der Waals surface area contributed by atoms with Crippen molar-refractivity contribution in [2.45, 2.75) is 0 Å². The summed E-state index contributed by atoms with van der Waals surface area (Å²) in [7, 11) is 3.06. The second-order valence-corrected chi connectivity index (χ2v) is 5.98. The minimum Gasteiger partial charge on any atom is -0.495 e. The van der Waals surface area contributed by atoms with Gasteiger partial charge in [0.05, 0.1) is 20.8 Å². The quantitative estimate of drug-likeness (QED) is 0.698. The largest absolute Gasteiger partial charge is 0.495 e. The number of hydrogen-bond donors (Lipinski definition) is 1. The van der Waals surface area contributed by atoms with Crippen molar-refractivity contribution in [3.8, 4) is 17.2 Å². The number of halogens is 2. The molecule has 0 saturated heterocycles. The number of amides is 1. The summed E-state index contributed by atoms with van der Waals surface area (Å²) in [6.07, 6.45) is 0. The van der Waals surface area contributed by atoms with Crippen LogP contribution in [0.4, 0.5) is 0 Å². The highest BCUT2D eigenvalue weighted by Crippen LogP contribution is 2.35. The van der Waals surface area contributed by atoms with Crippen molar-refractivity contribution < 1.29 is 19.0 Å². The van der Waals surface area contributed by atoms with Gasteiger partial charge in [-0.25, -0.2) is 0 Å². The van der Waals surface area contributed by atoms with E-state index in [4.69, 9.17) is 25.8 Å². The fourth-order valence-corrected chi connectivity index (χ4v) is 2.65. The number of hydrogen-bond acceptors (Lipinski definition) is 4. The van der Waals surface area contributed by atoms with E-state index < -0.39 is 0 Å². The van der Waals surface area contributed by atoms with Crippen LogP contribution in [-0.2, 0) is 0 Å². The predicted molar refractivity (Wildman–Crippen MR) is 96.5 cm³/mol. The van der Waals surface area contributed by atoms with Crippen molar-refractivity contribution in [2.75, 3.05) is 27.4 Å². The number of ether oxygens (including phenoxy) is 3. The number of carbonyl (C=O) groups is 1. The Morgan fingerprint density at radius 2 is 1.71 bits per heavy atom. The Morgan fingerprint density at radius 3 is 2.25 bits per heavy atom. The Hall–Kier alpha value is -1.92. The lowest BCUT2D eigenvalue weighted by molar-refractivity contribution is 0.0946. The van der Waals surface area contributed by atoms with E-state index in [-0.39, 0.29) is 5.91 Å². The molecule has 5 nitrogen and oxygen atoms in total. The maximum atomic E-state index is 12.2. The van der Waals surface area contributed by atoms with Crippen LogP contribution in [0.2, 0.25) is 5.02 Å². The molecule has 0 bridgehead atoms. The summed E-state index contributed by atoms with van der Waals surface area (Å²) in [4.78, 5) is 12.2. The van der Waals surface area contributed by atoms with Crippen molar-refractivity contribution >= 4 is 33.4 Å². The first-order chi connectivity index (χ1) is 11.5. The van der Waals surface area contributed by atoms with Crippen LogP contribution in [-0.4, -0.2) is 33.3 Å². The summed E-state index contributed by atoms with van der Waals surface area (Å²) < 4.78 is 16.6. The van der Waals surface area contributed by atoms with Gasteiger partial charge in [-0.1, -0.05) is 11.6 Å². The monoisotopic (exact) mass is 413 g/mol. The van der Waals surface area contributed by atoms with Crippen LogP contribution < -0.4 is 19.5 Å². The molecular weight excluding hydrogens is 398 g/mol. The van der Waals surface area contributed by atoms with Gasteiger partial charge in [0.2, 0.25) is 0 Å². The van der Waals surface area contributed by atoms with E-state index in [1.165, 1.54) is 14.2 Å². The van der Waals surface area contributed by atoms with E-state index in [2.05, 4.69) is 21.2 Å². The number of benzene rings is 2. The van der Waals surface area contributed by atoms with E-state index in [9.17, 15) is 4.79 Å². The smallest absolute Gasteiger partial charge is 0.251 e. The van der Waals surface area contributed by atoms with Gasteiger partial charge in [-0.15, -0.1) is 0 Å². The number of rotatable bonds is 7. The zero-order valence-corrected chi connectivity index (χ0v) is 15.6. The molecule has 2 aromatic rings. The van der Waals surface area contributed by atoms with Gasteiger partial charge in [0.1, 0.15) is 28.3 Å². The highest BCUT2D eigenvalue weighted by molar-refractivity contribution is 9.10. The van der Waals surface area contributed by atoms with Crippen molar-refractivity contribution in [3.05, 3.63) is 51.5 Å². The molecule has 0 spiro atoms. The van der Waals surface area contributed by atoms with Gasteiger partial charge in [0, 0.05) is 10.6 Å². The van der Waals surface area contributed by atoms with Gasteiger partial charge in [-0.2, -0.15) is 0 Å². The van der Waals surface area contributed by atoms with Crippen LogP contribution in [0.1, 0.15) is 10.4 Å². The second kappa shape index (κ2) is 8.80. The van der Waals surface area contributed by atoms with Crippen molar-refractivity contribution in [3.63, 3.8) is 0 Å². The summed E-state index contributed by atoms with van der Waals surface area (Å²) in [5.41, 5.74) is 0.443. The third kappa shape index (κ3) is 4.79. The second-order valence-electron chi connectivity index (χ2n) is 4.75. The molecule has 128 valence electrons. The van der Waals surface area contributed by atoms with E-state index in [1.54, 1.807) is 36.4 Å². The third-order valence-electron chi connectivity index (χ3n) is 3.18. The standard InChI is InChI=1S/C17H17BrClNO4/c1-22-14-9-11(10-15(23-2)16(14)18)17(21)20-7-8-24-13-5-3-12(19)4-6-13/h3-6,9-10H,7-8H2,1-2H3,(H,20,21). The molecule has 0 heterocycles. The van der Waals surface area contributed by atoms with Crippen LogP contribution in [0.3, 0.4) is 0 Å². The molecule has 0 fully saturated rings. The van der Waals surface area contributed by atoms with Gasteiger partial charge < -0.3 is 19.5 Å². The van der Waals surface area contributed by atoms with Crippen molar-refractivity contribution in [1.29, 1.82) is 0 Å². The molecule has 2 rings (SSSR count). The maximum absolute atomic E-state index is 12.2. The Bertz CT molecular complexity index is 681. The minimum atomic E-state index is -0.237. The van der Waals surface area contributed by atoms with Crippen LogP contribution in [0.25, 0.3) is 0 Å². The Balaban J connectivity index is 1.91. The topological polar surface area (TPSA) is 56.8 Å². The average molecular weight is 415 g/mol. The average Bonchev–Trinajstić information content (AvgIpc) is 2.60. The molecule has 1 amide bonds. The number of nitrogens with one attached hydrogen (secondary N) is 1. The Labute approximate surface area is 154 Å². The van der Waals surface area contributed by atoms with Gasteiger partial charge in [-0.3, -0.25) is 4.79 Å². The Morgan fingerprint density at radius 1 is 1.12 bits per heavy atom. The molecule has 0 atom stereocenters. The lowest BCUT2D eigenvalue weighted by atomic mass is 10.2. The maximum Gasteiger partial charge on any atom is 0.251 e. The zero-order valence-electron chi connectivity index (χ0n) is 13.3. The van der Waals surface area contributed by atoms with E-state index in [0.717, 1.165) is 0 Å². The molecule has 0 aliphatic rings. The third-order valence-corrected chi connectivity index (χ3v) is 4.21. The molecular formula is C17H17BrClNO4. The first kappa shape index (κ1) is 18.4. The van der Waals surface area contributed by atoms with Gasteiger partial charge in [0.25, 0.3) is 5.91 Å². The van der Waals surface area contributed by atoms with Crippen molar-refractivity contribution in [1.82, 2.24) is 5.32 Å². The van der Waals surface area contributed by atoms with E-state index >= 15 is 0 Å². The highest BCUT2D eigenvalue weighted by atomic mass is 79.9. The highest BCUT2D eigenvalue weighted by Gasteiger charge is 2.14. The van der Waals surface area contributed by atoms with Gasteiger partial charge in [-0.05, 0) is 52.3 Å². The SMILES string of the molecule is COc1cc(C(=O)NCCOc2ccc(Cl)cc2)cc(OC)c1Br. The lowest BCUT2D eigenvalue weighted by Crippen LogP contribution is -2.28. The van der Waals surface area contributed by atoms with Gasteiger partial charge >= 0.3 is 0 Å². The molecule has 0 saturated carbocycles. The lowest BCUT2D eigenvalue weighted by Gasteiger charge is -2.12. The fraction of sp³-hybridized carbons (Fsp3) is 0.235. The van der Waals surface area contributed by atoms with E-state index in [1.807, 2.05) is 0 Å². The molecule has 7 heteroatoms. The molecule has 24 heavy (non-hydrogen) atoms. The molecule has 2 aromatic carbocycles. The predicted octanol–water partition coefficient (Wildman–Crippen LogP) is 3.93. The van der Waals surface area contributed by atoms with Gasteiger partial charge in [0.15, 0.2) is 0 Å². The molecule has 0 aromatic heterocycles. The van der Waals surface area contributed by atoms with Crippen LogP contribution >= 0.6 is 27.5 Å².